The van der Waals surface area contributed by atoms with E-state index in [0.717, 1.165) is 12.8 Å². The first-order valence-corrected chi connectivity index (χ1v) is 19.0. The molecule has 0 aliphatic heterocycles. The van der Waals surface area contributed by atoms with E-state index < -0.39 is 0 Å². The van der Waals surface area contributed by atoms with Crippen LogP contribution in [0.5, 0.6) is 0 Å². The first kappa shape index (κ1) is 30.4. The van der Waals surface area contributed by atoms with E-state index in [0.29, 0.717) is 5.92 Å². The summed E-state index contributed by atoms with van der Waals surface area (Å²) < 4.78 is 2.54. The zero-order valence-electron chi connectivity index (χ0n) is 30.1. The van der Waals surface area contributed by atoms with Crippen LogP contribution < -0.4 is 0 Å². The van der Waals surface area contributed by atoms with Gasteiger partial charge in [-0.3, -0.25) is 0 Å². The second-order valence-corrected chi connectivity index (χ2v) is 15.6. The normalized spacial score (nSPS) is 15.1. The highest BCUT2D eigenvalue weighted by Gasteiger charge is 2.38. The van der Waals surface area contributed by atoms with Crippen molar-refractivity contribution in [1.29, 1.82) is 0 Å². The standard InChI is InChI=1S/C52H39N/c1-52(2)46-20-12-22-49(53-48-21-11-10-19-42(48)43-30-25-35-15-6-7-16-37(35)51(43)53)50(46)44-28-24-33(31-47(44)52)23-27-40-38-17-8-9-18-39(38)45-32-36(26-29-41(40)45)34-13-4-3-5-14-34/h3-22,24-26,28-32,40H,23,27H2,1-2H3. The lowest BCUT2D eigenvalue weighted by molar-refractivity contribution is 0.657. The van der Waals surface area contributed by atoms with Gasteiger partial charge < -0.3 is 4.57 Å². The van der Waals surface area contributed by atoms with E-state index in [1.54, 1.807) is 0 Å². The SMILES string of the molecule is CC1(C)c2cc(CCC3c4ccccc4-c4cc(-c5ccccc5)ccc43)ccc2-c2c(-n3c4ccccc4c4ccc5ccccc5c43)cccc21. The van der Waals surface area contributed by atoms with Crippen LogP contribution >= 0.6 is 0 Å². The Kier molecular flexibility index (Phi) is 6.55. The van der Waals surface area contributed by atoms with E-state index in [4.69, 9.17) is 0 Å². The Bertz CT molecular complexity index is 2920. The number of nitrogens with zero attached hydrogens (tertiary/aromatic N) is 1. The van der Waals surface area contributed by atoms with Gasteiger partial charge in [0.2, 0.25) is 0 Å². The van der Waals surface area contributed by atoms with Crippen LogP contribution in [0.2, 0.25) is 0 Å². The lowest BCUT2D eigenvalue weighted by Crippen LogP contribution is -2.15. The lowest BCUT2D eigenvalue weighted by Gasteiger charge is -2.22. The van der Waals surface area contributed by atoms with Gasteiger partial charge in [0.05, 0.1) is 16.7 Å². The Morgan fingerprint density at radius 1 is 0.509 bits per heavy atom. The van der Waals surface area contributed by atoms with Crippen LogP contribution in [0.4, 0.5) is 0 Å². The van der Waals surface area contributed by atoms with Crippen LogP contribution in [0.25, 0.3) is 71.6 Å². The second-order valence-electron chi connectivity index (χ2n) is 15.6. The third-order valence-corrected chi connectivity index (χ3v) is 12.4. The first-order chi connectivity index (χ1) is 26.1. The number of rotatable bonds is 5. The van der Waals surface area contributed by atoms with Crippen LogP contribution in [0.1, 0.15) is 54.0 Å². The van der Waals surface area contributed by atoms with Gasteiger partial charge in [0, 0.05) is 33.1 Å². The van der Waals surface area contributed by atoms with Gasteiger partial charge in [-0.1, -0.05) is 166 Å². The van der Waals surface area contributed by atoms with Gasteiger partial charge in [0.15, 0.2) is 0 Å². The molecule has 0 saturated carbocycles. The molecule has 1 heteroatoms. The molecule has 0 amide bonds. The number of aryl methyl sites for hydroxylation is 1. The summed E-state index contributed by atoms with van der Waals surface area (Å²) in [5.74, 6) is 0.390. The summed E-state index contributed by atoms with van der Waals surface area (Å²) in [5, 5.41) is 5.16. The van der Waals surface area contributed by atoms with Crippen LogP contribution in [-0.2, 0) is 11.8 Å². The molecular weight excluding hydrogens is 639 g/mol. The summed E-state index contributed by atoms with van der Waals surface area (Å²) in [6, 6.07) is 63.6. The molecule has 0 saturated heterocycles. The van der Waals surface area contributed by atoms with Crippen molar-refractivity contribution in [2.45, 2.75) is 38.0 Å². The fourth-order valence-corrected chi connectivity index (χ4v) is 9.88. The molecule has 0 N–H and O–H groups in total. The van der Waals surface area contributed by atoms with Crippen molar-refractivity contribution in [2.24, 2.45) is 0 Å². The minimum absolute atomic E-state index is 0.113. The average molecular weight is 678 g/mol. The summed E-state index contributed by atoms with van der Waals surface area (Å²) in [7, 11) is 0. The van der Waals surface area contributed by atoms with Crippen molar-refractivity contribution in [2.75, 3.05) is 0 Å². The molecule has 9 aromatic rings. The summed E-state index contributed by atoms with van der Waals surface area (Å²) in [6.45, 7) is 4.83. The Morgan fingerprint density at radius 2 is 1.28 bits per heavy atom. The molecule has 1 heterocycles. The highest BCUT2D eigenvalue weighted by atomic mass is 15.0. The van der Waals surface area contributed by atoms with Crippen LogP contribution in [0, 0.1) is 0 Å². The molecule has 1 nitrogen and oxygen atoms in total. The van der Waals surface area contributed by atoms with E-state index in [-0.39, 0.29) is 5.41 Å². The van der Waals surface area contributed by atoms with Crippen molar-refractivity contribution >= 4 is 32.6 Å². The third kappa shape index (κ3) is 4.44. The number of hydrogen-bond donors (Lipinski definition) is 0. The van der Waals surface area contributed by atoms with E-state index >= 15 is 0 Å². The second kappa shape index (κ2) is 11.4. The predicted octanol–water partition coefficient (Wildman–Crippen LogP) is 13.7. The lowest BCUT2D eigenvalue weighted by atomic mass is 9.81. The van der Waals surface area contributed by atoms with Gasteiger partial charge in [-0.05, 0) is 92.1 Å². The Morgan fingerprint density at radius 3 is 2.19 bits per heavy atom. The van der Waals surface area contributed by atoms with Gasteiger partial charge >= 0.3 is 0 Å². The molecule has 1 atom stereocenters. The van der Waals surface area contributed by atoms with Crippen molar-refractivity contribution in [1.82, 2.24) is 4.57 Å². The van der Waals surface area contributed by atoms with Gasteiger partial charge in [0.25, 0.3) is 0 Å². The molecule has 8 aromatic carbocycles. The Labute approximate surface area is 310 Å². The highest BCUT2D eigenvalue weighted by Crippen LogP contribution is 2.53. The molecular formula is C52H39N. The Balaban J connectivity index is 0.998. The maximum atomic E-state index is 2.54. The molecule has 0 fully saturated rings. The fraction of sp³-hybridized carbons (Fsp3) is 0.115. The molecule has 1 aromatic heterocycles. The predicted molar refractivity (Wildman–Crippen MR) is 223 cm³/mol. The van der Waals surface area contributed by atoms with Crippen molar-refractivity contribution in [3.05, 3.63) is 198 Å². The minimum atomic E-state index is -0.113. The van der Waals surface area contributed by atoms with Gasteiger partial charge in [-0.2, -0.15) is 0 Å². The molecule has 252 valence electrons. The largest absolute Gasteiger partial charge is 0.308 e. The quantitative estimate of drug-likeness (QED) is 0.171. The molecule has 1 unspecified atom stereocenters. The maximum Gasteiger partial charge on any atom is 0.0619 e. The zero-order valence-corrected chi connectivity index (χ0v) is 30.1. The third-order valence-electron chi connectivity index (χ3n) is 12.4. The Hall–Kier alpha value is -6.18. The fourth-order valence-electron chi connectivity index (χ4n) is 9.88. The average Bonchev–Trinajstić information content (AvgIpc) is 3.80. The van der Waals surface area contributed by atoms with Crippen LogP contribution in [0.3, 0.4) is 0 Å². The molecule has 0 radical (unpaired) electrons. The zero-order chi connectivity index (χ0) is 35.3. The van der Waals surface area contributed by atoms with Gasteiger partial charge in [-0.15, -0.1) is 0 Å². The maximum absolute atomic E-state index is 2.54. The summed E-state index contributed by atoms with van der Waals surface area (Å²) in [6.07, 6.45) is 2.12. The monoisotopic (exact) mass is 677 g/mol. The number of fused-ring (bicyclic) bond motifs is 11. The number of aromatic nitrogens is 1. The highest BCUT2D eigenvalue weighted by molar-refractivity contribution is 6.19. The smallest absolute Gasteiger partial charge is 0.0619 e. The first-order valence-electron chi connectivity index (χ1n) is 19.0. The number of benzene rings is 8. The van der Waals surface area contributed by atoms with Gasteiger partial charge in [-0.25, -0.2) is 0 Å². The molecule has 53 heavy (non-hydrogen) atoms. The summed E-state index contributed by atoms with van der Waals surface area (Å²) in [5.41, 5.74) is 18.9. The summed E-state index contributed by atoms with van der Waals surface area (Å²) in [4.78, 5) is 0. The van der Waals surface area contributed by atoms with E-state index in [2.05, 4.69) is 188 Å². The van der Waals surface area contributed by atoms with Crippen molar-refractivity contribution < 1.29 is 0 Å². The molecule has 0 spiro atoms. The van der Waals surface area contributed by atoms with E-state index in [1.165, 1.54) is 99.5 Å². The molecule has 2 aliphatic carbocycles. The van der Waals surface area contributed by atoms with Crippen LogP contribution in [0.15, 0.2) is 170 Å². The topological polar surface area (TPSA) is 4.93 Å². The van der Waals surface area contributed by atoms with Crippen LogP contribution in [-0.4, -0.2) is 4.57 Å². The number of para-hydroxylation sites is 1. The molecule has 11 rings (SSSR count). The van der Waals surface area contributed by atoms with E-state index in [1.807, 2.05) is 0 Å². The van der Waals surface area contributed by atoms with Crippen molar-refractivity contribution in [3.63, 3.8) is 0 Å². The van der Waals surface area contributed by atoms with Crippen molar-refractivity contribution in [3.8, 4) is 39.1 Å². The summed E-state index contributed by atoms with van der Waals surface area (Å²) >= 11 is 0. The molecule has 0 bridgehead atoms. The van der Waals surface area contributed by atoms with E-state index in [9.17, 15) is 0 Å². The van der Waals surface area contributed by atoms with Gasteiger partial charge in [0.1, 0.15) is 0 Å². The molecule has 2 aliphatic rings. The number of hydrogen-bond acceptors (Lipinski definition) is 0. The minimum Gasteiger partial charge on any atom is -0.308 e.